The van der Waals surface area contributed by atoms with E-state index in [0.29, 0.717) is 57.4 Å². The van der Waals surface area contributed by atoms with Crippen LogP contribution in [-0.2, 0) is 48.9 Å². The molecule has 9 heterocycles. The van der Waals surface area contributed by atoms with E-state index in [1.807, 2.05) is 196 Å². The summed E-state index contributed by atoms with van der Waals surface area (Å²) in [6, 6.07) is 69.8. The maximum Gasteiger partial charge on any atom is 0.319 e. The highest BCUT2D eigenvalue weighted by molar-refractivity contribution is 7.11. The van der Waals surface area contributed by atoms with E-state index < -0.39 is 39.1 Å². The third kappa shape index (κ3) is 17.8. The van der Waals surface area contributed by atoms with Gasteiger partial charge >= 0.3 is 6.03 Å². The largest absolute Gasteiger partial charge is 0.369 e. The van der Waals surface area contributed by atoms with Crippen molar-refractivity contribution < 1.29 is 28.4 Å². The minimum absolute atomic E-state index is 0.0943. The molecule has 11 N–H and O–H groups in total. The molecular formula is C92H85FN22O5S3. The highest BCUT2D eigenvalue weighted by Gasteiger charge is 2.52. The molecule has 12 aromatic rings. The van der Waals surface area contributed by atoms with Crippen molar-refractivity contribution in [2.75, 3.05) is 31.8 Å². The van der Waals surface area contributed by atoms with E-state index >= 15 is 4.39 Å². The maximum absolute atomic E-state index is 15.1. The van der Waals surface area contributed by atoms with E-state index in [1.165, 1.54) is 73.3 Å². The van der Waals surface area contributed by atoms with Crippen LogP contribution in [0.2, 0.25) is 0 Å². The molecule has 17 rings (SSSR count). The highest BCUT2D eigenvalue weighted by atomic mass is 32.1. The predicted octanol–water partition coefficient (Wildman–Crippen LogP) is 14.3. The minimum Gasteiger partial charge on any atom is -0.369 e. The molecule has 1 aliphatic carbocycles. The van der Waals surface area contributed by atoms with Crippen molar-refractivity contribution in [1.29, 1.82) is 15.8 Å². The zero-order valence-corrected chi connectivity index (χ0v) is 70.7. The second-order valence-corrected chi connectivity index (χ2v) is 33.5. The lowest BCUT2D eigenvalue weighted by Gasteiger charge is -2.40. The first-order valence-electron chi connectivity index (χ1n) is 39.0. The smallest absolute Gasteiger partial charge is 0.319 e. The SMILES string of the molecule is CC1(C)N=C(N)N(Cc2ccc(CNC(=O)Nc3ccc(C#N)cc3)cc2)C1=O.CN1C(=O)C(c2ccc(-n3cccn3)cc2)[C@@](C)(c2cc(-c3cccc(C#N)c3)cs2)N=C1N.CN1C(=O)[C@@H](c2ccc(C3CC3)cc2)[C@@](C)(c2cc(-c3cncc(C#N)c3)c(F)s2)N=C1N.Cc1cc(Nc2cccc(C3(c4ccccc4)N=C(N)N(C)C3=O)c2)sn1. The van der Waals surface area contributed by atoms with Crippen molar-refractivity contribution in [2.24, 2.45) is 42.9 Å². The van der Waals surface area contributed by atoms with E-state index in [0.717, 1.165) is 82.8 Å². The number of guanidine groups is 4. The van der Waals surface area contributed by atoms with Crippen LogP contribution >= 0.6 is 34.2 Å². The normalized spacial score (nSPS) is 19.4. The molecule has 1 fully saturated rings. The number of urea groups is 1. The summed E-state index contributed by atoms with van der Waals surface area (Å²) in [4.78, 5) is 94.0. The molecule has 6 amide bonds. The zero-order chi connectivity index (χ0) is 87.2. The summed E-state index contributed by atoms with van der Waals surface area (Å²) in [5, 5.41) is 42.9. The number of benzene rings is 7. The lowest BCUT2D eigenvalue weighted by molar-refractivity contribution is -0.131. The first kappa shape index (κ1) is 84.6. The van der Waals surface area contributed by atoms with Gasteiger partial charge in [0.15, 0.2) is 34.5 Å². The number of nitriles is 3. The average Bonchev–Trinajstić information content (AvgIpc) is 1.72. The van der Waals surface area contributed by atoms with Crippen LogP contribution < -0.4 is 38.9 Å². The Morgan fingerprint density at radius 3 is 1.77 bits per heavy atom. The number of rotatable bonds is 17. The fourth-order valence-electron chi connectivity index (χ4n) is 14.9. The van der Waals surface area contributed by atoms with Gasteiger partial charge in [0.05, 0.1) is 58.6 Å². The summed E-state index contributed by atoms with van der Waals surface area (Å²) >= 11 is 3.87. The van der Waals surface area contributed by atoms with Gasteiger partial charge in [0.2, 0.25) is 11.8 Å². The highest BCUT2D eigenvalue weighted by Crippen LogP contribution is 2.51. The molecule has 123 heavy (non-hydrogen) atoms. The lowest BCUT2D eigenvalue weighted by Crippen LogP contribution is -2.52. The molecule has 5 aliphatic rings. The monoisotopic (exact) mass is 1690 g/mol. The molecular weight excluding hydrogens is 1610 g/mol. The molecule has 31 heteroatoms. The van der Waals surface area contributed by atoms with Gasteiger partial charge in [0.25, 0.3) is 11.8 Å². The molecule has 0 spiro atoms. The summed E-state index contributed by atoms with van der Waals surface area (Å²) in [6.07, 6.45) is 8.94. The van der Waals surface area contributed by atoms with Gasteiger partial charge < -0.3 is 38.9 Å². The summed E-state index contributed by atoms with van der Waals surface area (Å²) in [5.41, 5.74) is 34.1. The third-order valence-electron chi connectivity index (χ3n) is 21.9. The number of anilines is 3. The second kappa shape index (κ2) is 35.2. The van der Waals surface area contributed by atoms with Crippen molar-refractivity contribution >= 4 is 104 Å². The summed E-state index contributed by atoms with van der Waals surface area (Å²) < 4.78 is 21.2. The number of nitrogens with two attached hydrogens (primary N) is 4. The molecule has 5 aromatic heterocycles. The molecule has 7 aromatic carbocycles. The number of aliphatic imine (C=N–C) groups is 4. The number of amides is 6. The van der Waals surface area contributed by atoms with Gasteiger partial charge in [-0.1, -0.05) is 115 Å². The molecule has 0 bridgehead atoms. The van der Waals surface area contributed by atoms with Crippen molar-refractivity contribution in [3.05, 3.63) is 313 Å². The Morgan fingerprint density at radius 1 is 0.569 bits per heavy atom. The van der Waals surface area contributed by atoms with E-state index in [9.17, 15) is 34.5 Å². The Hall–Kier alpha value is -14.8. The van der Waals surface area contributed by atoms with Crippen molar-refractivity contribution in [1.82, 2.24) is 44.1 Å². The molecule has 2 unspecified atom stereocenters. The Labute approximate surface area is 721 Å². The van der Waals surface area contributed by atoms with Crippen LogP contribution in [0.15, 0.2) is 256 Å². The van der Waals surface area contributed by atoms with E-state index in [4.69, 9.17) is 38.2 Å². The number of aromatic nitrogens is 4. The number of aryl methyl sites for hydroxylation is 1. The van der Waals surface area contributed by atoms with E-state index in [2.05, 4.69) is 58.6 Å². The number of halogens is 1. The molecule has 27 nitrogen and oxygen atoms in total. The number of hydrogen-bond acceptors (Lipinski definition) is 23. The topological polar surface area (TPSA) is 403 Å². The quantitative estimate of drug-likeness (QED) is 0.0445. The minimum atomic E-state index is -1.18. The van der Waals surface area contributed by atoms with E-state index in [1.54, 1.807) is 88.3 Å². The molecule has 5 atom stereocenters. The number of likely N-dealkylation sites (N-methyl/N-ethyl adjacent to an activating group) is 3. The van der Waals surface area contributed by atoms with Crippen LogP contribution in [0.25, 0.3) is 27.9 Å². The van der Waals surface area contributed by atoms with Gasteiger partial charge in [-0.15, -0.1) is 22.7 Å². The van der Waals surface area contributed by atoms with Crippen LogP contribution in [0.4, 0.5) is 25.6 Å². The van der Waals surface area contributed by atoms with Crippen LogP contribution in [0.5, 0.6) is 0 Å². The maximum atomic E-state index is 15.1. The first-order valence-corrected chi connectivity index (χ1v) is 41.5. The number of pyridine rings is 1. The van der Waals surface area contributed by atoms with Crippen LogP contribution in [0, 0.1) is 46.0 Å². The number of carbonyl (C=O) groups is 5. The molecule has 1 saturated carbocycles. The Balaban J connectivity index is 0.000000134. The zero-order valence-electron chi connectivity index (χ0n) is 68.2. The number of hydrogen-bond donors (Lipinski definition) is 7. The van der Waals surface area contributed by atoms with Crippen LogP contribution in [-0.4, -0.2) is 119 Å². The summed E-state index contributed by atoms with van der Waals surface area (Å²) in [5.74, 6) is -0.463. The van der Waals surface area contributed by atoms with Crippen LogP contribution in [0.3, 0.4) is 0 Å². The Bertz CT molecular complexity index is 6280. The molecule has 0 saturated heterocycles. The standard InChI is InChI=1S/C26H22N6OS.C25H22FN5OS.C21H22N6O2.C20H19N5OS/c1-26(22-14-20(16-34-22)19-6-3-5-17(13-19)15-27)23(24(33)31(2)25(28)30-26)18-7-9-21(10-8-18)32-12-4-11-29-32;1-25(20-10-19(22(26)33-20)18-9-14(11-27)12-29-13-18)21(23(32)31(2)24(28)30-25)17-7-5-16(6-8-17)15-3-4-15;1-21(2)18(28)27(19(23)26-21)13-16-5-3-15(4-6-16)12-24-20(29)25-17-9-7-14(11-22)8-10-17;1-13-11-17(27-24-13)22-16-10-6-9-15(12-16)20(14-7-4-3-5-8-14)18(26)25(2)19(21)23-20/h3-14,16,23H,1-2H3,(H2,28,30);5-10,12-13,15,21H,3-4H2,1-2H3,(H2,28,30);3-10H,12-13H2,1-2H3,(H2,23,26)(H2,24,25,29);3-12,22H,1-2H3,(H2,21,23)/t23?,26-;21-,25-;;/m11../s1. The van der Waals surface area contributed by atoms with Gasteiger partial charge in [0, 0.05) is 84.7 Å². The Morgan fingerprint density at radius 2 is 1.18 bits per heavy atom. The van der Waals surface area contributed by atoms with Crippen molar-refractivity contribution in [2.45, 2.75) is 100 Å². The predicted molar refractivity (Wildman–Crippen MR) is 476 cm³/mol. The van der Waals surface area contributed by atoms with Gasteiger partial charge in [-0.3, -0.25) is 43.8 Å². The van der Waals surface area contributed by atoms with Gasteiger partial charge in [0.1, 0.15) is 27.7 Å². The lowest BCUT2D eigenvalue weighted by atomic mass is 9.77. The second-order valence-electron chi connectivity index (χ2n) is 30.8. The van der Waals surface area contributed by atoms with E-state index in [-0.39, 0.29) is 53.5 Å². The van der Waals surface area contributed by atoms with Gasteiger partial charge in [-0.05, 0) is 211 Å². The van der Waals surface area contributed by atoms with Gasteiger partial charge in [-0.25, -0.2) is 29.4 Å². The third-order valence-corrected chi connectivity index (χ3v) is 25.0. The fourth-order valence-corrected chi connectivity index (χ4v) is 17.7. The van der Waals surface area contributed by atoms with Crippen LogP contribution in [0.1, 0.15) is 129 Å². The van der Waals surface area contributed by atoms with Crippen molar-refractivity contribution in [3.8, 4) is 46.1 Å². The van der Waals surface area contributed by atoms with Gasteiger partial charge in [-0.2, -0.15) is 29.6 Å². The number of carbonyl (C=O) groups excluding carboxylic acids is 5. The Kier molecular flexibility index (Phi) is 24.2. The fraction of sp³-hybridized carbons (Fsp3) is 0.207. The number of nitrogens with one attached hydrogen (secondary N) is 3. The average molecular weight is 1690 g/mol. The molecule has 618 valence electrons. The number of thiophene rings is 2. The summed E-state index contributed by atoms with van der Waals surface area (Å²) in [6.45, 7) is 9.90. The van der Waals surface area contributed by atoms with Crippen molar-refractivity contribution in [3.63, 3.8) is 0 Å². The number of nitrogens with zero attached hydrogens (tertiary/aromatic N) is 15. The first-order chi connectivity index (χ1) is 59.0. The molecule has 0 radical (unpaired) electrons. The summed E-state index contributed by atoms with van der Waals surface area (Å²) in [7, 11) is 4.90. The molecule has 4 aliphatic heterocycles.